The molecule has 0 radical (unpaired) electrons. The fraction of sp³-hybridized carbons (Fsp3) is 0.333. The van der Waals surface area contributed by atoms with Gasteiger partial charge >= 0.3 is 0 Å². The quantitative estimate of drug-likeness (QED) is 0.453. The van der Waals surface area contributed by atoms with Crippen molar-refractivity contribution in [3.05, 3.63) is 75.3 Å². The summed E-state index contributed by atoms with van der Waals surface area (Å²) < 4.78 is 1.39. The van der Waals surface area contributed by atoms with Crippen LogP contribution < -0.4 is 10.9 Å². The van der Waals surface area contributed by atoms with Gasteiger partial charge in [0.2, 0.25) is 11.8 Å². The lowest BCUT2D eigenvalue weighted by atomic mass is 10.0. The number of amides is 2. The molecule has 8 heteroatoms. The SMILES string of the molecule is Cc1nc2cccc(C#Cc3ccc(CN4CCSCC4)cc3)c2c(=O)n1C1CCC(=O)NC1=O. The predicted molar refractivity (Wildman–Crippen MR) is 137 cm³/mol. The van der Waals surface area contributed by atoms with Gasteiger partial charge in [-0.05, 0) is 43.2 Å². The maximum atomic E-state index is 13.5. The van der Waals surface area contributed by atoms with E-state index < -0.39 is 11.9 Å². The van der Waals surface area contributed by atoms with E-state index in [0.717, 1.165) is 25.2 Å². The van der Waals surface area contributed by atoms with Crippen LogP contribution >= 0.6 is 11.8 Å². The molecule has 2 amide bonds. The molecule has 1 N–H and O–H groups in total. The Hall–Kier alpha value is -3.41. The lowest BCUT2D eigenvalue weighted by molar-refractivity contribution is -0.135. The zero-order valence-corrected chi connectivity index (χ0v) is 20.4. The molecule has 3 aromatic rings. The number of imide groups is 1. The van der Waals surface area contributed by atoms with Gasteiger partial charge < -0.3 is 0 Å². The van der Waals surface area contributed by atoms with Crippen LogP contribution in [-0.4, -0.2) is 50.9 Å². The Morgan fingerprint density at radius 3 is 2.57 bits per heavy atom. The molecule has 35 heavy (non-hydrogen) atoms. The number of fused-ring (bicyclic) bond motifs is 1. The first-order valence-electron chi connectivity index (χ1n) is 11.8. The fourth-order valence-electron chi connectivity index (χ4n) is 4.60. The molecule has 2 aliphatic rings. The van der Waals surface area contributed by atoms with Crippen LogP contribution in [0, 0.1) is 18.8 Å². The van der Waals surface area contributed by atoms with Gasteiger partial charge in [0.15, 0.2) is 0 Å². The molecule has 3 heterocycles. The smallest absolute Gasteiger partial charge is 0.263 e. The van der Waals surface area contributed by atoms with Crippen LogP contribution in [0.3, 0.4) is 0 Å². The fourth-order valence-corrected chi connectivity index (χ4v) is 5.58. The molecule has 5 rings (SSSR count). The third-order valence-electron chi connectivity index (χ3n) is 6.43. The first kappa shape index (κ1) is 23.3. The van der Waals surface area contributed by atoms with Gasteiger partial charge in [0, 0.05) is 48.7 Å². The van der Waals surface area contributed by atoms with Crippen LogP contribution in [0.4, 0.5) is 0 Å². The van der Waals surface area contributed by atoms with E-state index in [9.17, 15) is 14.4 Å². The van der Waals surface area contributed by atoms with Gasteiger partial charge in [0.1, 0.15) is 11.9 Å². The van der Waals surface area contributed by atoms with E-state index in [1.165, 1.54) is 21.6 Å². The van der Waals surface area contributed by atoms with E-state index in [4.69, 9.17) is 0 Å². The Kier molecular flexibility index (Phi) is 6.71. The summed E-state index contributed by atoms with van der Waals surface area (Å²) in [5, 5.41) is 2.71. The Morgan fingerprint density at radius 2 is 1.83 bits per heavy atom. The van der Waals surface area contributed by atoms with Gasteiger partial charge in [0.05, 0.1) is 10.9 Å². The highest BCUT2D eigenvalue weighted by atomic mass is 32.2. The molecule has 1 atom stereocenters. The molecule has 0 aliphatic carbocycles. The Bertz CT molecular complexity index is 1410. The van der Waals surface area contributed by atoms with Gasteiger partial charge in [0.25, 0.3) is 5.56 Å². The maximum Gasteiger partial charge on any atom is 0.263 e. The van der Waals surface area contributed by atoms with Crippen molar-refractivity contribution < 1.29 is 9.59 Å². The second kappa shape index (κ2) is 10.1. The summed E-state index contributed by atoms with van der Waals surface area (Å²) in [5.41, 5.74) is 2.92. The van der Waals surface area contributed by atoms with Crippen molar-refractivity contribution in [1.29, 1.82) is 0 Å². The first-order chi connectivity index (χ1) is 17.0. The van der Waals surface area contributed by atoms with Crippen molar-refractivity contribution in [1.82, 2.24) is 19.8 Å². The summed E-state index contributed by atoms with van der Waals surface area (Å²) in [7, 11) is 0. The van der Waals surface area contributed by atoms with Crippen molar-refractivity contribution in [2.45, 2.75) is 32.4 Å². The van der Waals surface area contributed by atoms with Gasteiger partial charge in [-0.3, -0.25) is 29.2 Å². The lowest BCUT2D eigenvalue weighted by Gasteiger charge is -2.26. The molecule has 1 unspecified atom stereocenters. The van der Waals surface area contributed by atoms with Gasteiger partial charge in [-0.2, -0.15) is 11.8 Å². The largest absolute Gasteiger partial charge is 0.297 e. The standard InChI is InChI=1S/C27H26N4O3S/c1-18-28-22-4-2-3-21(25(22)27(34)31(18)23-11-12-24(32)29-26(23)33)10-9-19-5-7-20(8-6-19)17-30-13-15-35-16-14-30/h2-8,23H,11-17H2,1H3,(H,29,32,33). The summed E-state index contributed by atoms with van der Waals surface area (Å²) in [5.74, 6) is 8.33. The zero-order valence-electron chi connectivity index (χ0n) is 19.5. The molecule has 2 aliphatic heterocycles. The van der Waals surface area contributed by atoms with E-state index in [2.05, 4.69) is 39.2 Å². The molecular formula is C27H26N4O3S. The predicted octanol–water partition coefficient (Wildman–Crippen LogP) is 2.63. The molecule has 2 saturated heterocycles. The second-order valence-corrected chi connectivity index (χ2v) is 10.1. The van der Waals surface area contributed by atoms with Crippen LogP contribution in [-0.2, 0) is 16.1 Å². The molecule has 178 valence electrons. The van der Waals surface area contributed by atoms with Crippen LogP contribution in [0.15, 0.2) is 47.3 Å². The van der Waals surface area contributed by atoms with Crippen molar-refractivity contribution >= 4 is 34.5 Å². The molecule has 2 fully saturated rings. The minimum atomic E-state index is -0.760. The minimum Gasteiger partial charge on any atom is -0.297 e. The minimum absolute atomic E-state index is 0.189. The Morgan fingerprint density at radius 1 is 1.06 bits per heavy atom. The molecule has 7 nitrogen and oxygen atoms in total. The molecule has 0 spiro atoms. The average molecular weight is 487 g/mol. The summed E-state index contributed by atoms with van der Waals surface area (Å²) >= 11 is 2.01. The van der Waals surface area contributed by atoms with Crippen LogP contribution in [0.1, 0.15) is 41.4 Å². The van der Waals surface area contributed by atoms with Crippen molar-refractivity contribution in [3.8, 4) is 11.8 Å². The second-order valence-electron chi connectivity index (χ2n) is 8.84. The topological polar surface area (TPSA) is 84.3 Å². The lowest BCUT2D eigenvalue weighted by Crippen LogP contribution is -2.45. The van der Waals surface area contributed by atoms with Crippen molar-refractivity contribution in [2.75, 3.05) is 24.6 Å². The Labute approximate surface area is 207 Å². The number of piperidine rings is 1. The third kappa shape index (κ3) is 5.02. The summed E-state index contributed by atoms with van der Waals surface area (Å²) in [6.45, 7) is 4.89. The number of nitrogens with zero attached hydrogens (tertiary/aromatic N) is 3. The summed E-state index contributed by atoms with van der Waals surface area (Å²) in [6, 6.07) is 12.9. The third-order valence-corrected chi connectivity index (χ3v) is 7.38. The van der Waals surface area contributed by atoms with E-state index in [1.807, 2.05) is 30.0 Å². The molecule has 0 saturated carbocycles. The summed E-state index contributed by atoms with van der Waals surface area (Å²) in [6.07, 6.45) is 0.462. The first-order valence-corrected chi connectivity index (χ1v) is 12.9. The van der Waals surface area contributed by atoms with Crippen LogP contribution in [0.5, 0.6) is 0 Å². The van der Waals surface area contributed by atoms with Gasteiger partial charge in [-0.25, -0.2) is 4.98 Å². The molecule has 2 aromatic carbocycles. The van der Waals surface area contributed by atoms with Gasteiger partial charge in [-0.15, -0.1) is 0 Å². The maximum absolute atomic E-state index is 13.5. The van der Waals surface area contributed by atoms with E-state index in [0.29, 0.717) is 22.3 Å². The number of hydrogen-bond donors (Lipinski definition) is 1. The van der Waals surface area contributed by atoms with Crippen LogP contribution in [0.25, 0.3) is 10.9 Å². The number of aryl methyl sites for hydroxylation is 1. The van der Waals surface area contributed by atoms with Crippen molar-refractivity contribution in [3.63, 3.8) is 0 Å². The highest BCUT2D eigenvalue weighted by Crippen LogP contribution is 2.21. The number of carbonyl (C=O) groups is 2. The highest BCUT2D eigenvalue weighted by molar-refractivity contribution is 7.99. The van der Waals surface area contributed by atoms with Crippen LogP contribution in [0.2, 0.25) is 0 Å². The van der Waals surface area contributed by atoms with E-state index >= 15 is 0 Å². The number of benzene rings is 2. The Balaban J connectivity index is 1.45. The van der Waals surface area contributed by atoms with E-state index in [-0.39, 0.29) is 24.3 Å². The zero-order chi connectivity index (χ0) is 24.4. The summed E-state index contributed by atoms with van der Waals surface area (Å²) in [4.78, 5) is 44.6. The molecule has 0 bridgehead atoms. The number of nitrogens with one attached hydrogen (secondary N) is 1. The number of rotatable bonds is 3. The highest BCUT2D eigenvalue weighted by Gasteiger charge is 2.30. The number of thioether (sulfide) groups is 1. The number of carbonyl (C=O) groups excluding carboxylic acids is 2. The number of hydrogen-bond acceptors (Lipinski definition) is 6. The number of aromatic nitrogens is 2. The van der Waals surface area contributed by atoms with Gasteiger partial charge in [-0.1, -0.05) is 30.0 Å². The molecule has 1 aromatic heterocycles. The normalized spacial score (nSPS) is 18.7. The van der Waals surface area contributed by atoms with E-state index in [1.54, 1.807) is 19.1 Å². The van der Waals surface area contributed by atoms with Crippen molar-refractivity contribution in [2.24, 2.45) is 0 Å². The monoisotopic (exact) mass is 486 g/mol. The molecular weight excluding hydrogens is 460 g/mol. The average Bonchev–Trinajstić information content (AvgIpc) is 2.85.